The first-order valence-electron chi connectivity index (χ1n) is 6.68. The average Bonchev–Trinajstić information content (AvgIpc) is 2.48. The number of carbonyl (C=O) groups is 1. The maximum Gasteiger partial charge on any atom is 0.328 e. The van der Waals surface area contributed by atoms with Crippen LogP contribution in [0.3, 0.4) is 0 Å². The first-order chi connectivity index (χ1) is 10.0. The van der Waals surface area contributed by atoms with Gasteiger partial charge in [0.1, 0.15) is 5.75 Å². The molecule has 0 unspecified atom stereocenters. The molecule has 108 valence electrons. The van der Waals surface area contributed by atoms with E-state index in [1.165, 1.54) is 11.6 Å². The second kappa shape index (κ2) is 6.27. The fourth-order valence-electron chi connectivity index (χ4n) is 2.14. The van der Waals surface area contributed by atoms with Crippen LogP contribution in [-0.4, -0.2) is 18.2 Å². The van der Waals surface area contributed by atoms with Crippen molar-refractivity contribution in [1.29, 1.82) is 0 Å². The van der Waals surface area contributed by atoms with Crippen molar-refractivity contribution in [2.24, 2.45) is 0 Å². The van der Waals surface area contributed by atoms with Gasteiger partial charge in [-0.15, -0.1) is 0 Å². The number of carboxylic acid groups (broad SMARTS) is 1. The molecular weight excluding hydrogens is 264 g/mol. The van der Waals surface area contributed by atoms with Crippen molar-refractivity contribution in [3.05, 3.63) is 70.8 Å². The maximum absolute atomic E-state index is 11.1. The van der Waals surface area contributed by atoms with Crippen LogP contribution in [0.2, 0.25) is 0 Å². The first kappa shape index (κ1) is 14.9. The number of aliphatic carboxylic acids is 1. The molecule has 21 heavy (non-hydrogen) atoms. The summed E-state index contributed by atoms with van der Waals surface area (Å²) >= 11 is 0. The molecule has 2 rings (SSSR count). The Hall–Kier alpha value is -2.55. The quantitative estimate of drug-likeness (QED) is 0.867. The third-order valence-electron chi connectivity index (χ3n) is 3.49. The highest BCUT2D eigenvalue weighted by Crippen LogP contribution is 2.26. The molecule has 2 aromatic rings. The van der Waals surface area contributed by atoms with Crippen molar-refractivity contribution in [3.63, 3.8) is 0 Å². The van der Waals surface area contributed by atoms with E-state index >= 15 is 0 Å². The van der Waals surface area contributed by atoms with Gasteiger partial charge in [0.15, 0.2) is 0 Å². The first-order valence-corrected chi connectivity index (χ1v) is 6.68. The summed E-state index contributed by atoms with van der Waals surface area (Å²) in [6, 6.07) is 13.3. The molecular formula is C18H18O3. The molecule has 0 aliphatic carbocycles. The second-order valence-corrected chi connectivity index (χ2v) is 4.92. The zero-order valence-corrected chi connectivity index (χ0v) is 12.4. The van der Waals surface area contributed by atoms with Crippen LogP contribution in [0.5, 0.6) is 5.75 Å². The molecule has 0 bridgehead atoms. The Kier molecular flexibility index (Phi) is 4.43. The van der Waals surface area contributed by atoms with Gasteiger partial charge in [-0.05, 0) is 53.8 Å². The van der Waals surface area contributed by atoms with Gasteiger partial charge in [-0.2, -0.15) is 0 Å². The summed E-state index contributed by atoms with van der Waals surface area (Å²) in [5.41, 5.74) is 4.75. The van der Waals surface area contributed by atoms with Crippen LogP contribution in [0.1, 0.15) is 22.3 Å². The summed E-state index contributed by atoms with van der Waals surface area (Å²) in [7, 11) is 1.60. The molecule has 3 nitrogen and oxygen atoms in total. The van der Waals surface area contributed by atoms with E-state index in [2.05, 4.69) is 0 Å². The largest absolute Gasteiger partial charge is 0.497 e. The van der Waals surface area contributed by atoms with Gasteiger partial charge < -0.3 is 9.84 Å². The Morgan fingerprint density at radius 2 is 1.62 bits per heavy atom. The van der Waals surface area contributed by atoms with Crippen LogP contribution in [-0.2, 0) is 4.79 Å². The lowest BCUT2D eigenvalue weighted by Crippen LogP contribution is -1.96. The fraction of sp³-hybridized carbons (Fsp3) is 0.167. The number of hydrogen-bond acceptors (Lipinski definition) is 2. The minimum Gasteiger partial charge on any atom is -0.497 e. The van der Waals surface area contributed by atoms with E-state index in [0.717, 1.165) is 22.4 Å². The fourth-order valence-corrected chi connectivity index (χ4v) is 2.14. The summed E-state index contributed by atoms with van der Waals surface area (Å²) < 4.78 is 5.13. The van der Waals surface area contributed by atoms with Gasteiger partial charge in [0, 0.05) is 6.08 Å². The van der Waals surface area contributed by atoms with E-state index in [1.54, 1.807) is 7.11 Å². The smallest absolute Gasteiger partial charge is 0.328 e. The molecule has 0 saturated heterocycles. The Balaban J connectivity index is 2.52. The summed E-state index contributed by atoms with van der Waals surface area (Å²) in [5.74, 6) is -0.215. The Morgan fingerprint density at radius 3 is 2.14 bits per heavy atom. The Morgan fingerprint density at radius 1 is 1.00 bits per heavy atom. The number of hydrogen-bond donors (Lipinski definition) is 1. The van der Waals surface area contributed by atoms with Gasteiger partial charge in [-0.25, -0.2) is 4.79 Å². The highest BCUT2D eigenvalue weighted by molar-refractivity contribution is 5.95. The molecule has 0 spiro atoms. The topological polar surface area (TPSA) is 46.5 Å². The average molecular weight is 282 g/mol. The monoisotopic (exact) mass is 282 g/mol. The van der Waals surface area contributed by atoms with Gasteiger partial charge in [-0.1, -0.05) is 30.3 Å². The Labute approximate surface area is 124 Å². The zero-order valence-electron chi connectivity index (χ0n) is 12.4. The number of methoxy groups -OCH3 is 1. The molecule has 0 radical (unpaired) electrons. The molecule has 0 heterocycles. The molecule has 0 aliphatic rings. The molecule has 0 amide bonds. The summed E-state index contributed by atoms with van der Waals surface area (Å²) in [6.07, 6.45) is 1.24. The van der Waals surface area contributed by atoms with Gasteiger partial charge in [0.25, 0.3) is 0 Å². The predicted octanol–water partition coefficient (Wildman–Crippen LogP) is 3.83. The van der Waals surface area contributed by atoms with Crippen LogP contribution in [0, 0.1) is 13.8 Å². The standard InChI is InChI=1S/C18H18O3/c1-12-4-5-15(10-13(12)2)17(11-18(19)20)14-6-8-16(21-3)9-7-14/h4-11H,1-3H3,(H,19,20)/b17-11-. The van der Waals surface area contributed by atoms with Crippen molar-refractivity contribution < 1.29 is 14.6 Å². The van der Waals surface area contributed by atoms with Crippen LogP contribution in [0.25, 0.3) is 5.57 Å². The van der Waals surface area contributed by atoms with Crippen LogP contribution in [0.15, 0.2) is 48.5 Å². The second-order valence-electron chi connectivity index (χ2n) is 4.92. The molecule has 0 fully saturated rings. The van der Waals surface area contributed by atoms with Gasteiger partial charge >= 0.3 is 5.97 Å². The summed E-state index contributed by atoms with van der Waals surface area (Å²) in [5, 5.41) is 9.13. The van der Waals surface area contributed by atoms with Crippen molar-refractivity contribution in [3.8, 4) is 5.75 Å². The summed E-state index contributed by atoms with van der Waals surface area (Å²) in [4.78, 5) is 11.1. The highest BCUT2D eigenvalue weighted by Gasteiger charge is 2.09. The van der Waals surface area contributed by atoms with Gasteiger partial charge in [0.05, 0.1) is 7.11 Å². The van der Waals surface area contributed by atoms with Crippen LogP contribution >= 0.6 is 0 Å². The van der Waals surface area contributed by atoms with Crippen molar-refractivity contribution in [2.45, 2.75) is 13.8 Å². The van der Waals surface area contributed by atoms with E-state index in [-0.39, 0.29) is 0 Å². The Bertz CT molecular complexity index is 682. The number of benzene rings is 2. The van der Waals surface area contributed by atoms with Crippen molar-refractivity contribution in [1.82, 2.24) is 0 Å². The lowest BCUT2D eigenvalue weighted by atomic mass is 9.95. The number of aryl methyl sites for hydroxylation is 2. The van der Waals surface area contributed by atoms with Gasteiger partial charge in [0.2, 0.25) is 0 Å². The van der Waals surface area contributed by atoms with E-state index in [0.29, 0.717) is 5.57 Å². The SMILES string of the molecule is COc1ccc(/C(=C/C(=O)O)c2ccc(C)c(C)c2)cc1. The zero-order chi connectivity index (χ0) is 15.4. The third kappa shape index (κ3) is 3.51. The van der Waals surface area contributed by atoms with E-state index in [4.69, 9.17) is 9.84 Å². The molecule has 0 atom stereocenters. The van der Waals surface area contributed by atoms with Crippen LogP contribution < -0.4 is 4.74 Å². The number of carboxylic acids is 1. The van der Waals surface area contributed by atoms with E-state index in [1.807, 2.05) is 56.3 Å². The molecule has 2 aromatic carbocycles. The minimum atomic E-state index is -0.959. The molecule has 1 N–H and O–H groups in total. The predicted molar refractivity (Wildman–Crippen MR) is 83.6 cm³/mol. The molecule has 0 saturated carbocycles. The molecule has 3 heteroatoms. The van der Waals surface area contributed by atoms with Crippen molar-refractivity contribution in [2.75, 3.05) is 7.11 Å². The normalized spacial score (nSPS) is 11.3. The number of ether oxygens (including phenoxy) is 1. The number of rotatable bonds is 4. The third-order valence-corrected chi connectivity index (χ3v) is 3.49. The molecule has 0 aromatic heterocycles. The van der Waals surface area contributed by atoms with Crippen molar-refractivity contribution >= 4 is 11.5 Å². The van der Waals surface area contributed by atoms with E-state index in [9.17, 15) is 4.79 Å². The lowest BCUT2D eigenvalue weighted by molar-refractivity contribution is -0.131. The van der Waals surface area contributed by atoms with E-state index < -0.39 is 5.97 Å². The summed E-state index contributed by atoms with van der Waals surface area (Å²) in [6.45, 7) is 4.05. The molecule has 0 aliphatic heterocycles. The van der Waals surface area contributed by atoms with Crippen LogP contribution in [0.4, 0.5) is 0 Å². The highest BCUT2D eigenvalue weighted by atomic mass is 16.5. The lowest BCUT2D eigenvalue weighted by Gasteiger charge is -2.11. The minimum absolute atomic E-state index is 0.688. The van der Waals surface area contributed by atoms with Gasteiger partial charge in [-0.3, -0.25) is 0 Å². The maximum atomic E-state index is 11.1.